The molecule has 0 saturated heterocycles. The molecule has 1 aromatic carbocycles. The number of carbonyl (C=O) groups excluding carboxylic acids is 1. The zero-order valence-corrected chi connectivity index (χ0v) is 10.8. The van der Waals surface area contributed by atoms with Crippen LogP contribution < -0.4 is 0 Å². The minimum Gasteiger partial charge on any atom is -0.467 e. The van der Waals surface area contributed by atoms with Gasteiger partial charge in [-0.25, -0.2) is 4.79 Å². The van der Waals surface area contributed by atoms with E-state index in [1.165, 1.54) is 12.7 Å². The number of rotatable bonds is 4. The number of carbonyl (C=O) groups is 1. The predicted molar refractivity (Wildman–Crippen MR) is 70.6 cm³/mol. The van der Waals surface area contributed by atoms with Gasteiger partial charge in [0.1, 0.15) is 0 Å². The predicted octanol–water partition coefficient (Wildman–Crippen LogP) is 1.50. The molecular formula is C14H18N2O2. The van der Waals surface area contributed by atoms with E-state index < -0.39 is 0 Å². The van der Waals surface area contributed by atoms with E-state index in [0.717, 1.165) is 18.8 Å². The lowest BCUT2D eigenvalue weighted by atomic mass is 10.1. The lowest BCUT2D eigenvalue weighted by Crippen LogP contribution is -2.32. The molecule has 0 aliphatic carbocycles. The Balaban J connectivity index is 1.89. The fourth-order valence-electron chi connectivity index (χ4n) is 2.11. The van der Waals surface area contributed by atoms with Crippen LogP contribution in [0.1, 0.15) is 12.5 Å². The molecule has 4 nitrogen and oxygen atoms in total. The number of hydrogen-bond acceptors (Lipinski definition) is 4. The average Bonchev–Trinajstić information content (AvgIpc) is 2.78. The molecule has 1 atom stereocenters. The van der Waals surface area contributed by atoms with Crippen molar-refractivity contribution in [1.29, 1.82) is 0 Å². The van der Waals surface area contributed by atoms with Gasteiger partial charge in [-0.1, -0.05) is 30.3 Å². The SMILES string of the molecule is COC(=O)C1CN(CCc2ccccc2)C(C)=N1. The van der Waals surface area contributed by atoms with Crippen molar-refractivity contribution in [2.75, 3.05) is 20.2 Å². The van der Waals surface area contributed by atoms with Crippen LogP contribution in [0.3, 0.4) is 0 Å². The Morgan fingerprint density at radius 3 is 2.83 bits per heavy atom. The van der Waals surface area contributed by atoms with E-state index in [2.05, 4.69) is 22.0 Å². The summed E-state index contributed by atoms with van der Waals surface area (Å²) in [6, 6.07) is 9.96. The fourth-order valence-corrected chi connectivity index (χ4v) is 2.11. The van der Waals surface area contributed by atoms with Crippen LogP contribution in [0, 0.1) is 0 Å². The number of methoxy groups -OCH3 is 1. The van der Waals surface area contributed by atoms with E-state index in [1.54, 1.807) is 0 Å². The highest BCUT2D eigenvalue weighted by molar-refractivity contribution is 5.88. The second kappa shape index (κ2) is 5.67. The van der Waals surface area contributed by atoms with Crippen molar-refractivity contribution in [3.05, 3.63) is 35.9 Å². The number of benzene rings is 1. The zero-order valence-electron chi connectivity index (χ0n) is 10.8. The van der Waals surface area contributed by atoms with E-state index in [1.807, 2.05) is 25.1 Å². The fraction of sp³-hybridized carbons (Fsp3) is 0.429. The number of nitrogens with zero attached hydrogens (tertiary/aromatic N) is 2. The van der Waals surface area contributed by atoms with Crippen molar-refractivity contribution < 1.29 is 9.53 Å². The molecule has 1 aliphatic heterocycles. The Morgan fingerprint density at radius 2 is 2.17 bits per heavy atom. The Labute approximate surface area is 107 Å². The molecular weight excluding hydrogens is 228 g/mol. The summed E-state index contributed by atoms with van der Waals surface area (Å²) in [6.45, 7) is 3.45. The first-order valence-electron chi connectivity index (χ1n) is 6.12. The summed E-state index contributed by atoms with van der Waals surface area (Å²) in [5.74, 6) is 0.665. The summed E-state index contributed by atoms with van der Waals surface area (Å²) in [5, 5.41) is 0. The third-order valence-electron chi connectivity index (χ3n) is 3.18. The first-order valence-corrected chi connectivity index (χ1v) is 6.12. The van der Waals surface area contributed by atoms with E-state index in [9.17, 15) is 4.79 Å². The Hall–Kier alpha value is -1.84. The first-order chi connectivity index (χ1) is 8.70. The standard InChI is InChI=1S/C14H18N2O2/c1-11-15-13(14(17)18-2)10-16(11)9-8-12-6-4-3-5-7-12/h3-7,13H,8-10H2,1-2H3. The van der Waals surface area contributed by atoms with Gasteiger partial charge >= 0.3 is 5.97 Å². The lowest BCUT2D eigenvalue weighted by molar-refractivity contribution is -0.141. The molecule has 0 bridgehead atoms. The normalized spacial score (nSPS) is 18.7. The molecule has 2 rings (SSSR count). The van der Waals surface area contributed by atoms with Gasteiger partial charge in [0.2, 0.25) is 0 Å². The molecule has 0 N–H and O–H groups in total. The van der Waals surface area contributed by atoms with Crippen LogP contribution in [0.25, 0.3) is 0 Å². The number of hydrogen-bond donors (Lipinski definition) is 0. The van der Waals surface area contributed by atoms with Gasteiger partial charge in [-0.3, -0.25) is 4.99 Å². The molecule has 0 radical (unpaired) electrons. The summed E-state index contributed by atoms with van der Waals surface area (Å²) >= 11 is 0. The zero-order chi connectivity index (χ0) is 13.0. The molecule has 1 heterocycles. The summed E-state index contributed by atoms with van der Waals surface area (Å²) < 4.78 is 4.72. The summed E-state index contributed by atoms with van der Waals surface area (Å²) in [4.78, 5) is 17.9. The van der Waals surface area contributed by atoms with E-state index in [4.69, 9.17) is 4.74 Å². The summed E-state index contributed by atoms with van der Waals surface area (Å²) in [7, 11) is 1.40. The van der Waals surface area contributed by atoms with Crippen molar-refractivity contribution in [2.45, 2.75) is 19.4 Å². The summed E-state index contributed by atoms with van der Waals surface area (Å²) in [5.41, 5.74) is 1.30. The molecule has 1 unspecified atom stereocenters. The van der Waals surface area contributed by atoms with E-state index in [0.29, 0.717) is 6.54 Å². The molecule has 0 aromatic heterocycles. The Morgan fingerprint density at radius 1 is 1.44 bits per heavy atom. The second-order valence-corrected chi connectivity index (χ2v) is 4.40. The third kappa shape index (κ3) is 2.88. The molecule has 18 heavy (non-hydrogen) atoms. The van der Waals surface area contributed by atoms with Crippen molar-refractivity contribution in [2.24, 2.45) is 4.99 Å². The van der Waals surface area contributed by atoms with Gasteiger partial charge in [0.05, 0.1) is 19.5 Å². The van der Waals surface area contributed by atoms with Crippen LogP contribution in [0.15, 0.2) is 35.3 Å². The number of esters is 1. The number of amidine groups is 1. The topological polar surface area (TPSA) is 41.9 Å². The van der Waals surface area contributed by atoms with Gasteiger partial charge in [-0.05, 0) is 18.9 Å². The van der Waals surface area contributed by atoms with Gasteiger partial charge in [0.25, 0.3) is 0 Å². The quantitative estimate of drug-likeness (QED) is 0.756. The Kier molecular flexibility index (Phi) is 3.97. The third-order valence-corrected chi connectivity index (χ3v) is 3.18. The van der Waals surface area contributed by atoms with E-state index >= 15 is 0 Å². The highest BCUT2D eigenvalue weighted by Crippen LogP contribution is 2.11. The minimum absolute atomic E-state index is 0.253. The van der Waals surface area contributed by atoms with Crippen molar-refractivity contribution in [3.63, 3.8) is 0 Å². The Bertz CT molecular complexity index is 442. The first kappa shape index (κ1) is 12.6. The van der Waals surface area contributed by atoms with Crippen LogP contribution in [-0.2, 0) is 16.0 Å². The molecule has 4 heteroatoms. The maximum Gasteiger partial charge on any atom is 0.332 e. The van der Waals surface area contributed by atoms with Crippen LogP contribution in [-0.4, -0.2) is 42.9 Å². The van der Waals surface area contributed by atoms with Crippen molar-refractivity contribution in [3.8, 4) is 0 Å². The largest absolute Gasteiger partial charge is 0.467 e. The number of ether oxygens (including phenoxy) is 1. The highest BCUT2D eigenvalue weighted by atomic mass is 16.5. The maximum absolute atomic E-state index is 11.4. The maximum atomic E-state index is 11.4. The summed E-state index contributed by atoms with van der Waals surface area (Å²) in [6.07, 6.45) is 0.960. The minimum atomic E-state index is -0.356. The van der Waals surface area contributed by atoms with Gasteiger partial charge in [0, 0.05) is 6.54 Å². The highest BCUT2D eigenvalue weighted by Gasteiger charge is 2.28. The monoisotopic (exact) mass is 246 g/mol. The second-order valence-electron chi connectivity index (χ2n) is 4.40. The molecule has 0 spiro atoms. The van der Waals surface area contributed by atoms with Crippen LogP contribution in [0.4, 0.5) is 0 Å². The van der Waals surface area contributed by atoms with Gasteiger partial charge in [-0.15, -0.1) is 0 Å². The molecule has 1 aromatic rings. The van der Waals surface area contributed by atoms with Gasteiger partial charge in [-0.2, -0.15) is 0 Å². The van der Waals surface area contributed by atoms with Gasteiger partial charge in [0.15, 0.2) is 6.04 Å². The van der Waals surface area contributed by atoms with Crippen molar-refractivity contribution >= 4 is 11.8 Å². The van der Waals surface area contributed by atoms with Crippen LogP contribution in [0.5, 0.6) is 0 Å². The molecule has 0 amide bonds. The van der Waals surface area contributed by atoms with Crippen molar-refractivity contribution in [1.82, 2.24) is 4.90 Å². The van der Waals surface area contributed by atoms with Crippen LogP contribution in [0.2, 0.25) is 0 Å². The molecule has 96 valence electrons. The van der Waals surface area contributed by atoms with Gasteiger partial charge < -0.3 is 9.64 Å². The number of aliphatic imine (C=N–C) groups is 1. The van der Waals surface area contributed by atoms with E-state index in [-0.39, 0.29) is 12.0 Å². The lowest BCUT2D eigenvalue weighted by Gasteiger charge is -2.18. The average molecular weight is 246 g/mol. The molecule has 1 aliphatic rings. The molecule has 0 saturated carbocycles. The van der Waals surface area contributed by atoms with Crippen LogP contribution >= 0.6 is 0 Å². The molecule has 0 fully saturated rings. The smallest absolute Gasteiger partial charge is 0.332 e.